The van der Waals surface area contributed by atoms with E-state index in [1.807, 2.05) is 13.8 Å². The number of carboxylic acid groups (broad SMARTS) is 2. The highest BCUT2D eigenvalue weighted by atomic mass is 32.2. The number of hydrogen-bond donors (Lipinski definition) is 18. The molecule has 0 saturated carbocycles. The number of hydrogen-bond acceptors (Lipinski definition) is 24. The fourth-order valence-corrected chi connectivity index (χ4v) is 18.7. The monoisotopic (exact) mass is 2000 g/mol. The Bertz CT molecular complexity index is 5400. The van der Waals surface area contributed by atoms with Crippen molar-refractivity contribution in [1.82, 2.24) is 97.2 Å². The number of thioether (sulfide) groups is 1. The SMILES string of the molecule is CCCC[C@H]1C(=O)N(C)[C@@H](CCCC)C(=O)N[C@@H](CC(C)C)C(=O)N[C@H](C(=O)NCC(N)=O)CSCC(=O)N[C@@H](Cc2ccc(OC)cc2)C(=O)N(C)[C@@H](C)C(=O)N[C@H](CC(=O)O)C(=O)N2CCC[C@H]2C(=O)N[C@@H](Cc2cnc[nH]2)C(=O)N[C@@H](CCCCN)C(=O)N2C[C@H](O)C[C@H]2C(=O)N[C@@H](Cc2c[nH]c3ccccc23)C(=O)N[C@@H](CCCCN)C(=O)N[C@@H](Cc2cn(CC(=O)O)c3ccccc23)C(=O)N1C. The molecular formula is C97H138N22O22S. The first-order valence-electron chi connectivity index (χ1n) is 48.3. The lowest BCUT2D eigenvalue weighted by Gasteiger charge is -2.36. The Balaban J connectivity index is 1.13. The lowest BCUT2D eigenvalue weighted by molar-refractivity contribution is -0.149. The molecule has 15 atom stereocenters. The highest BCUT2D eigenvalue weighted by Gasteiger charge is 2.47. The zero-order valence-electron chi connectivity index (χ0n) is 81.9. The first-order valence-corrected chi connectivity index (χ1v) is 49.4. The van der Waals surface area contributed by atoms with E-state index in [0.29, 0.717) is 88.5 Å². The van der Waals surface area contributed by atoms with Crippen molar-refractivity contribution in [2.24, 2.45) is 23.1 Å². The van der Waals surface area contributed by atoms with Gasteiger partial charge in [0.15, 0.2) is 0 Å². The Morgan fingerprint density at radius 2 is 1.12 bits per heavy atom. The van der Waals surface area contributed by atoms with Crippen LogP contribution in [0.1, 0.15) is 166 Å². The Morgan fingerprint density at radius 1 is 0.556 bits per heavy atom. The summed E-state index contributed by atoms with van der Waals surface area (Å²) in [5.74, 6) is -18.3. The van der Waals surface area contributed by atoms with Crippen molar-refractivity contribution in [3.8, 4) is 5.75 Å². The van der Waals surface area contributed by atoms with Crippen LogP contribution in [0.15, 0.2) is 97.7 Å². The third-order valence-corrected chi connectivity index (χ3v) is 26.8. The van der Waals surface area contributed by atoms with Crippen LogP contribution in [-0.4, -0.2) is 329 Å². The van der Waals surface area contributed by atoms with Crippen molar-refractivity contribution in [3.05, 3.63) is 120 Å². The van der Waals surface area contributed by atoms with Crippen LogP contribution in [0.2, 0.25) is 0 Å². The van der Waals surface area contributed by atoms with E-state index in [4.69, 9.17) is 21.9 Å². The number of ether oxygens (including phenoxy) is 1. The fourth-order valence-electron chi connectivity index (χ4n) is 17.9. The van der Waals surface area contributed by atoms with E-state index in [2.05, 4.69) is 68.1 Å². The summed E-state index contributed by atoms with van der Waals surface area (Å²) in [6, 6.07) is -1.41. The van der Waals surface area contributed by atoms with Gasteiger partial charge in [0.2, 0.25) is 94.5 Å². The molecule has 44 nitrogen and oxygen atoms in total. The van der Waals surface area contributed by atoms with Crippen LogP contribution < -0.4 is 75.1 Å². The van der Waals surface area contributed by atoms with E-state index in [9.17, 15) is 63.3 Å². The van der Waals surface area contributed by atoms with Crippen LogP contribution in [0, 0.1) is 5.92 Å². The summed E-state index contributed by atoms with van der Waals surface area (Å²) in [5.41, 5.74) is 20.3. The molecule has 9 rings (SSSR count). The van der Waals surface area contributed by atoms with Gasteiger partial charge in [0, 0.05) is 118 Å². The summed E-state index contributed by atoms with van der Waals surface area (Å²) in [6.07, 6.45) is 4.22. The first kappa shape index (κ1) is 112. The molecule has 0 aliphatic carbocycles. The van der Waals surface area contributed by atoms with E-state index >= 15 is 38.4 Å². The van der Waals surface area contributed by atoms with Crippen LogP contribution in [0.3, 0.4) is 0 Å². The average Bonchev–Trinajstić information content (AvgIpc) is 1.61. The molecule has 0 bridgehead atoms. The van der Waals surface area contributed by atoms with E-state index < -0.39 is 241 Å². The molecule has 3 aromatic carbocycles. The molecule has 774 valence electrons. The van der Waals surface area contributed by atoms with E-state index in [-0.39, 0.29) is 109 Å². The number of fused-ring (bicyclic) bond motifs is 4. The standard InChI is InChI=1S/C97H138N22O22S/c1-10-12-28-76-90(133)108-68(39-55(3)4)87(130)113-74(85(128)103-48-80(100)121)52-142-53-81(122)105-71(40-57-32-34-62(141-9)35-33-57)93(136)114(6)56(5)84(127)111-73(45-82(123)124)96(139)118-38-22-31-77(118)91(134)110-70(43-60-47-101-54-104-60)89(132)107-67(27-19-21-37-99)95(138)119-50-61(120)44-79(119)92(135)109-69(41-58-46-102-65-25-16-14-23-63(58)65)88(131)106-66(26-18-20-36-98)86(129)112-72(94(137)116(8)78(29-13-11-2)97(140)115(76)7)42-59-49-117(51-83(125)126)75-30-17-15-24-64(59)75/h14-17,23-25,30,32-35,46-47,49,54-56,61,66-74,76-79,102,120H,10-13,18-22,26-29,31,36-45,48,50-53,98-99H2,1-9H3,(H2,100,121)(H,101,104)(H,103,128)(H,105,122)(H,106,131)(H,107,132)(H,108,133)(H,109,135)(H,110,134)(H,111,127)(H,112,129)(H,113,130)(H,123,124)(H,125,126)/t56-,61+,66-,67-,68-,69-,70-,71-,72-,73+,74-,76-,77-,78-,79-/m0/s1. The minimum atomic E-state index is -1.90. The molecule has 3 aliphatic rings. The predicted molar refractivity (Wildman–Crippen MR) is 524 cm³/mol. The van der Waals surface area contributed by atoms with Gasteiger partial charge < -0.3 is 129 Å². The van der Waals surface area contributed by atoms with Gasteiger partial charge >= 0.3 is 11.9 Å². The first-order chi connectivity index (χ1) is 67.8. The van der Waals surface area contributed by atoms with E-state index in [1.165, 1.54) is 63.4 Å². The summed E-state index contributed by atoms with van der Waals surface area (Å²) in [6.45, 7) is 6.88. The summed E-state index contributed by atoms with van der Waals surface area (Å²) in [4.78, 5) is 281. The molecule has 16 amide bonds. The number of aliphatic hydroxyl groups is 1. The normalized spacial score (nSPS) is 24.1. The number of nitrogens with one attached hydrogen (secondary N) is 12. The van der Waals surface area contributed by atoms with Crippen molar-refractivity contribution >= 4 is 140 Å². The number of carbonyl (C=O) groups is 18. The second-order valence-corrected chi connectivity index (χ2v) is 37.9. The number of aromatic nitrogens is 4. The number of H-pyrrole nitrogens is 2. The zero-order chi connectivity index (χ0) is 104. The molecule has 0 spiro atoms. The van der Waals surface area contributed by atoms with Crippen molar-refractivity contribution in [1.29, 1.82) is 0 Å². The zero-order valence-corrected chi connectivity index (χ0v) is 82.7. The lowest BCUT2D eigenvalue weighted by atomic mass is 9.99. The number of para-hydroxylation sites is 2. The van der Waals surface area contributed by atoms with Crippen LogP contribution in [0.4, 0.5) is 0 Å². The Labute approximate surface area is 827 Å². The van der Waals surface area contributed by atoms with Crippen molar-refractivity contribution in [2.75, 3.05) is 72.5 Å². The van der Waals surface area contributed by atoms with Crippen LogP contribution in [-0.2, 0) is 119 Å². The van der Waals surface area contributed by atoms with Gasteiger partial charge in [-0.1, -0.05) is 102 Å². The van der Waals surface area contributed by atoms with Gasteiger partial charge in [-0.2, -0.15) is 0 Å². The highest BCUT2D eigenvalue weighted by Crippen LogP contribution is 2.29. The summed E-state index contributed by atoms with van der Waals surface area (Å²) in [5, 5.41) is 60.4. The molecule has 142 heavy (non-hydrogen) atoms. The summed E-state index contributed by atoms with van der Waals surface area (Å²) >= 11 is 0.796. The van der Waals surface area contributed by atoms with Gasteiger partial charge in [-0.05, 0) is 138 Å². The van der Waals surface area contributed by atoms with Crippen LogP contribution >= 0.6 is 11.8 Å². The molecule has 3 aliphatic heterocycles. The second kappa shape index (κ2) is 54.4. The minimum absolute atomic E-state index is 0.00314. The number of carbonyl (C=O) groups excluding carboxylic acids is 16. The Hall–Kier alpha value is -13.6. The fraction of sp³-hybridized carbons (Fsp3) is 0.557. The Kier molecular flexibility index (Phi) is 43.0. The number of nitrogens with two attached hydrogens (primary N) is 3. The van der Waals surface area contributed by atoms with Crippen molar-refractivity contribution < 1.29 is 106 Å². The van der Waals surface area contributed by atoms with E-state index in [0.717, 1.165) is 31.4 Å². The Morgan fingerprint density at radius 3 is 1.75 bits per heavy atom. The maximum atomic E-state index is 16.1. The molecule has 6 heterocycles. The highest BCUT2D eigenvalue weighted by molar-refractivity contribution is 8.00. The molecule has 0 radical (unpaired) electrons. The van der Waals surface area contributed by atoms with Gasteiger partial charge in [0.05, 0.1) is 38.3 Å². The molecule has 3 aromatic heterocycles. The molecule has 45 heteroatoms. The number of primary amides is 1. The topological polar surface area (TPSA) is 641 Å². The second-order valence-electron chi connectivity index (χ2n) is 36.8. The molecule has 6 aromatic rings. The number of imidazole rings is 1. The van der Waals surface area contributed by atoms with Crippen molar-refractivity contribution in [3.63, 3.8) is 0 Å². The third kappa shape index (κ3) is 31.5. The van der Waals surface area contributed by atoms with Gasteiger partial charge in [0.1, 0.15) is 96.9 Å². The molecule has 3 fully saturated rings. The number of aromatic amines is 2. The van der Waals surface area contributed by atoms with Gasteiger partial charge in [-0.25, -0.2) is 4.98 Å². The average molecular weight is 2000 g/mol. The number of likely N-dealkylation sites (N-methyl/N-ethyl adjacent to an activating group) is 3. The molecule has 3 saturated heterocycles. The number of benzene rings is 3. The van der Waals surface area contributed by atoms with Gasteiger partial charge in [-0.3, -0.25) is 86.3 Å². The number of nitrogens with zero attached hydrogens (tertiary/aromatic N) is 7. The summed E-state index contributed by atoms with van der Waals surface area (Å²) in [7, 11) is 5.38. The quantitative estimate of drug-likeness (QED) is 0.0238. The maximum Gasteiger partial charge on any atom is 0.323 e. The van der Waals surface area contributed by atoms with Gasteiger partial charge in [0.25, 0.3) is 0 Å². The molecule has 0 unspecified atom stereocenters. The largest absolute Gasteiger partial charge is 0.497 e. The van der Waals surface area contributed by atoms with Crippen LogP contribution in [0.25, 0.3) is 21.8 Å². The predicted octanol–water partition coefficient (Wildman–Crippen LogP) is -0.466. The van der Waals surface area contributed by atoms with Crippen molar-refractivity contribution in [2.45, 2.75) is 267 Å². The molecule has 21 N–H and O–H groups in total. The van der Waals surface area contributed by atoms with E-state index in [1.54, 1.807) is 92.8 Å². The number of aliphatic carboxylic acids is 2. The lowest BCUT2D eigenvalue weighted by Crippen LogP contribution is -2.61. The third-order valence-electron chi connectivity index (χ3n) is 25.7. The number of unbranched alkanes of at least 4 members (excludes halogenated alkanes) is 4. The number of amides is 16. The minimum Gasteiger partial charge on any atom is -0.497 e. The molecular weight excluding hydrogens is 1860 g/mol. The summed E-state index contributed by atoms with van der Waals surface area (Å²) < 4.78 is 6.81. The number of rotatable bonds is 32. The smallest absolute Gasteiger partial charge is 0.323 e. The maximum absolute atomic E-state index is 16.1. The van der Waals surface area contributed by atoms with Gasteiger partial charge in [-0.15, -0.1) is 11.8 Å². The number of carboxylic acids is 2. The number of aliphatic hydroxyl groups excluding tert-OH is 1. The number of methoxy groups -OCH3 is 1. The van der Waals surface area contributed by atoms with Crippen LogP contribution in [0.5, 0.6) is 5.75 Å².